The van der Waals surface area contributed by atoms with Crippen molar-refractivity contribution in [3.05, 3.63) is 58.6 Å². The van der Waals surface area contributed by atoms with Crippen molar-refractivity contribution in [2.75, 3.05) is 30.4 Å². The molecule has 1 N–H and O–H groups in total. The van der Waals surface area contributed by atoms with E-state index >= 15 is 0 Å². The first-order valence-electron chi connectivity index (χ1n) is 9.24. The van der Waals surface area contributed by atoms with Crippen LogP contribution in [0.3, 0.4) is 0 Å². The molecule has 158 valence electrons. The standard InChI is InChI=1S/C14H16N4OS.C6H6F2N2/c1-10-3-5-18(14-15-4-6-20-14)8-12(10)13-7-11(9-19)16-17(13)2;1-9-6-4(7)2-10-3-5(6)8/h4,6-7,9H,3,5,8H2,1-2H3;2-3H,1H3,(H,9,10). The van der Waals surface area contributed by atoms with E-state index in [9.17, 15) is 13.6 Å². The summed E-state index contributed by atoms with van der Waals surface area (Å²) >= 11 is 1.66. The van der Waals surface area contributed by atoms with Gasteiger partial charge in [-0.2, -0.15) is 5.10 Å². The normalized spacial score (nSPS) is 13.7. The zero-order chi connectivity index (χ0) is 21.7. The molecule has 3 aromatic heterocycles. The van der Waals surface area contributed by atoms with Gasteiger partial charge in [0.25, 0.3) is 0 Å². The van der Waals surface area contributed by atoms with Crippen LogP contribution < -0.4 is 10.2 Å². The summed E-state index contributed by atoms with van der Waals surface area (Å²) in [5, 5.41) is 9.63. The molecule has 10 heteroatoms. The summed E-state index contributed by atoms with van der Waals surface area (Å²) in [6.45, 7) is 3.96. The Hall–Kier alpha value is -3.14. The van der Waals surface area contributed by atoms with Crippen molar-refractivity contribution in [1.29, 1.82) is 0 Å². The molecule has 0 amide bonds. The van der Waals surface area contributed by atoms with Crippen LogP contribution in [0.5, 0.6) is 0 Å². The average Bonchev–Trinajstić information content (AvgIpc) is 3.39. The number of rotatable bonds is 4. The van der Waals surface area contributed by atoms with Crippen LogP contribution in [0.15, 0.2) is 35.6 Å². The molecule has 0 unspecified atom stereocenters. The summed E-state index contributed by atoms with van der Waals surface area (Å²) in [6.07, 6.45) is 5.54. The number of thiazole rings is 1. The van der Waals surface area contributed by atoms with Crippen LogP contribution in [0.2, 0.25) is 0 Å². The van der Waals surface area contributed by atoms with Gasteiger partial charge in [0, 0.05) is 38.8 Å². The lowest BCUT2D eigenvalue weighted by atomic mass is 9.99. The third-order valence-electron chi connectivity index (χ3n) is 4.74. The second-order valence-electron chi connectivity index (χ2n) is 6.67. The molecule has 30 heavy (non-hydrogen) atoms. The van der Waals surface area contributed by atoms with Gasteiger partial charge in [-0.1, -0.05) is 5.57 Å². The van der Waals surface area contributed by atoms with Crippen molar-refractivity contribution in [3.63, 3.8) is 0 Å². The summed E-state index contributed by atoms with van der Waals surface area (Å²) in [7, 11) is 3.33. The highest BCUT2D eigenvalue weighted by molar-refractivity contribution is 7.13. The molecular weight excluding hydrogens is 410 g/mol. The molecule has 0 bridgehead atoms. The molecule has 4 heterocycles. The SMILES string of the molecule is CC1=C(c2cc(C=O)nn2C)CN(c2nccs2)CC1.CNc1c(F)cncc1F. The molecule has 4 rings (SSSR count). The molecule has 7 nitrogen and oxygen atoms in total. The molecule has 0 spiro atoms. The molecule has 0 aliphatic carbocycles. The predicted molar refractivity (Wildman–Crippen MR) is 114 cm³/mol. The number of anilines is 2. The van der Waals surface area contributed by atoms with Crippen molar-refractivity contribution in [3.8, 4) is 0 Å². The number of aldehydes is 1. The van der Waals surface area contributed by atoms with E-state index in [4.69, 9.17) is 0 Å². The quantitative estimate of drug-likeness (QED) is 0.633. The van der Waals surface area contributed by atoms with Crippen LogP contribution in [-0.2, 0) is 7.05 Å². The first-order chi connectivity index (χ1) is 14.4. The fraction of sp³-hybridized carbons (Fsp3) is 0.300. The van der Waals surface area contributed by atoms with Crippen molar-refractivity contribution < 1.29 is 13.6 Å². The van der Waals surface area contributed by atoms with Gasteiger partial charge in [0.2, 0.25) is 0 Å². The molecule has 0 radical (unpaired) electrons. The first kappa shape index (κ1) is 21.6. The fourth-order valence-corrected chi connectivity index (χ4v) is 3.84. The molecule has 0 aromatic carbocycles. The highest BCUT2D eigenvalue weighted by Crippen LogP contribution is 2.30. The maximum atomic E-state index is 12.5. The highest BCUT2D eigenvalue weighted by atomic mass is 32.1. The van der Waals surface area contributed by atoms with Crippen LogP contribution in [0.1, 0.15) is 29.5 Å². The summed E-state index contributed by atoms with van der Waals surface area (Å²) in [5.41, 5.74) is 3.96. The number of carbonyl (C=O) groups excluding carboxylic acids is 1. The number of aromatic nitrogens is 4. The van der Waals surface area contributed by atoms with E-state index in [1.807, 2.05) is 24.7 Å². The molecule has 0 atom stereocenters. The van der Waals surface area contributed by atoms with Crippen molar-refractivity contribution >= 4 is 34.0 Å². The second kappa shape index (κ2) is 9.57. The summed E-state index contributed by atoms with van der Waals surface area (Å²) in [6, 6.07) is 1.86. The number of hydrogen-bond acceptors (Lipinski definition) is 7. The number of carbonyl (C=O) groups is 1. The van der Waals surface area contributed by atoms with E-state index in [0.29, 0.717) is 5.69 Å². The molecule has 1 aliphatic heterocycles. The Morgan fingerprint density at radius 1 is 1.27 bits per heavy atom. The van der Waals surface area contributed by atoms with Crippen LogP contribution in [0.25, 0.3) is 5.57 Å². The Labute approximate surface area is 177 Å². The van der Waals surface area contributed by atoms with E-state index in [1.165, 1.54) is 18.2 Å². The van der Waals surface area contributed by atoms with E-state index in [0.717, 1.165) is 49.0 Å². The Morgan fingerprint density at radius 3 is 2.53 bits per heavy atom. The summed E-state index contributed by atoms with van der Waals surface area (Å²) < 4.78 is 26.8. The molecule has 0 saturated heterocycles. The minimum atomic E-state index is -0.678. The highest BCUT2D eigenvalue weighted by Gasteiger charge is 2.22. The Balaban J connectivity index is 0.000000216. The largest absolute Gasteiger partial charge is 0.383 e. The minimum absolute atomic E-state index is 0.144. The Kier molecular flexibility index (Phi) is 6.88. The smallest absolute Gasteiger partial charge is 0.185 e. The lowest BCUT2D eigenvalue weighted by Gasteiger charge is -2.29. The maximum Gasteiger partial charge on any atom is 0.185 e. The van der Waals surface area contributed by atoms with Gasteiger partial charge in [0.1, 0.15) is 11.4 Å². The monoisotopic (exact) mass is 432 g/mol. The van der Waals surface area contributed by atoms with Gasteiger partial charge >= 0.3 is 0 Å². The van der Waals surface area contributed by atoms with Gasteiger partial charge in [-0.05, 0) is 25.0 Å². The van der Waals surface area contributed by atoms with Crippen LogP contribution in [-0.4, -0.2) is 46.2 Å². The topological polar surface area (TPSA) is 75.9 Å². The van der Waals surface area contributed by atoms with E-state index in [1.54, 1.807) is 16.0 Å². The lowest BCUT2D eigenvalue weighted by molar-refractivity contribution is 0.111. The second-order valence-corrected chi connectivity index (χ2v) is 7.54. The lowest BCUT2D eigenvalue weighted by Crippen LogP contribution is -2.31. The van der Waals surface area contributed by atoms with Gasteiger partial charge in [-0.3, -0.25) is 14.5 Å². The van der Waals surface area contributed by atoms with Gasteiger partial charge < -0.3 is 10.2 Å². The molecule has 0 fully saturated rings. The number of hydrogen-bond donors (Lipinski definition) is 1. The van der Waals surface area contributed by atoms with Gasteiger partial charge in [-0.15, -0.1) is 11.3 Å². The summed E-state index contributed by atoms with van der Waals surface area (Å²) in [5.74, 6) is -1.36. The predicted octanol–water partition coefficient (Wildman–Crippen LogP) is 3.77. The van der Waals surface area contributed by atoms with Crippen molar-refractivity contribution in [2.24, 2.45) is 7.05 Å². The molecule has 1 aliphatic rings. The summed E-state index contributed by atoms with van der Waals surface area (Å²) in [4.78, 5) is 20.8. The van der Waals surface area contributed by atoms with Gasteiger partial charge in [0.05, 0.1) is 18.1 Å². The number of nitrogens with zero attached hydrogens (tertiary/aromatic N) is 5. The van der Waals surface area contributed by atoms with Gasteiger partial charge in [-0.25, -0.2) is 13.8 Å². The van der Waals surface area contributed by atoms with Gasteiger partial charge in [0.15, 0.2) is 23.1 Å². The molecule has 3 aromatic rings. The number of aryl methyl sites for hydroxylation is 1. The van der Waals surface area contributed by atoms with Crippen LogP contribution in [0, 0.1) is 11.6 Å². The third-order valence-corrected chi connectivity index (χ3v) is 5.57. The molecule has 0 saturated carbocycles. The number of pyridine rings is 1. The zero-order valence-corrected chi connectivity index (χ0v) is 17.7. The average molecular weight is 433 g/mol. The van der Waals surface area contributed by atoms with Crippen molar-refractivity contribution in [1.82, 2.24) is 19.7 Å². The minimum Gasteiger partial charge on any atom is -0.383 e. The number of nitrogens with one attached hydrogen (secondary N) is 1. The number of halogens is 2. The Morgan fingerprint density at radius 2 is 2.00 bits per heavy atom. The van der Waals surface area contributed by atoms with E-state index in [2.05, 4.69) is 32.2 Å². The van der Waals surface area contributed by atoms with Crippen LogP contribution in [0.4, 0.5) is 19.6 Å². The Bertz CT molecular complexity index is 1030. The third kappa shape index (κ3) is 4.70. The van der Waals surface area contributed by atoms with E-state index < -0.39 is 11.6 Å². The fourth-order valence-electron chi connectivity index (χ4n) is 3.17. The van der Waals surface area contributed by atoms with Crippen molar-refractivity contribution in [2.45, 2.75) is 13.3 Å². The molecular formula is C20H22F2N6OS. The van der Waals surface area contributed by atoms with Crippen LogP contribution >= 0.6 is 11.3 Å². The maximum absolute atomic E-state index is 12.5. The first-order valence-corrected chi connectivity index (χ1v) is 10.1. The van der Waals surface area contributed by atoms with E-state index in [-0.39, 0.29) is 5.69 Å². The zero-order valence-electron chi connectivity index (χ0n) is 16.9.